The van der Waals surface area contributed by atoms with Gasteiger partial charge in [-0.25, -0.2) is 4.39 Å². The van der Waals surface area contributed by atoms with Gasteiger partial charge in [0.15, 0.2) is 11.2 Å². The summed E-state index contributed by atoms with van der Waals surface area (Å²) >= 11 is 13.1. The summed E-state index contributed by atoms with van der Waals surface area (Å²) in [4.78, 5) is 18.4. The topological polar surface area (TPSA) is 47.4 Å². The molecule has 4 rings (SSSR count). The Morgan fingerprint density at radius 3 is 2.57 bits per heavy atom. The monoisotopic (exact) mass is 445 g/mol. The van der Waals surface area contributed by atoms with E-state index in [9.17, 15) is 9.18 Å². The van der Waals surface area contributed by atoms with E-state index in [1.807, 2.05) is 0 Å². The largest absolute Gasteiger partial charge is 0.379 e. The van der Waals surface area contributed by atoms with Crippen LogP contribution in [0.4, 0.5) is 4.39 Å². The van der Waals surface area contributed by atoms with Crippen molar-refractivity contribution in [1.29, 1.82) is 0 Å². The van der Waals surface area contributed by atoms with Gasteiger partial charge in [-0.15, -0.1) is 0 Å². The number of aromatic nitrogens is 2. The normalized spacial score (nSPS) is 14.5. The lowest BCUT2D eigenvalue weighted by Gasteiger charge is -2.24. The van der Waals surface area contributed by atoms with Crippen molar-refractivity contribution in [1.82, 2.24) is 14.5 Å². The number of pyridine rings is 2. The van der Waals surface area contributed by atoms with Crippen molar-refractivity contribution in [2.45, 2.75) is 6.92 Å². The molecule has 1 aliphatic heterocycles. The Labute approximate surface area is 183 Å². The molecule has 0 saturated carbocycles. The Kier molecular flexibility index (Phi) is 6.07. The standard InChI is InChI=1S/C22H18Cl2FN3O2/c1-14-9-20(29)21-18(25)12-26-13-19(21)28(14)22-16(23)10-15(11-17(22)24)3-2-4-27-5-7-30-8-6-27/h9-13H,4-8H2,1H3. The Bertz CT molecular complexity index is 1220. The molecule has 1 fully saturated rings. The van der Waals surface area contributed by atoms with Gasteiger partial charge in [0.1, 0.15) is 0 Å². The van der Waals surface area contributed by atoms with Crippen LogP contribution in [0.1, 0.15) is 11.3 Å². The highest BCUT2D eigenvalue weighted by molar-refractivity contribution is 6.38. The van der Waals surface area contributed by atoms with Crippen molar-refractivity contribution in [3.63, 3.8) is 0 Å². The maximum Gasteiger partial charge on any atom is 0.192 e. The Hall–Kier alpha value is -2.43. The van der Waals surface area contributed by atoms with E-state index in [1.165, 1.54) is 12.3 Å². The molecule has 0 aliphatic carbocycles. The second kappa shape index (κ2) is 8.75. The van der Waals surface area contributed by atoms with Crippen molar-refractivity contribution in [3.05, 3.63) is 67.9 Å². The molecular weight excluding hydrogens is 428 g/mol. The Morgan fingerprint density at radius 1 is 1.17 bits per heavy atom. The average molecular weight is 446 g/mol. The zero-order valence-corrected chi connectivity index (χ0v) is 17.7. The number of rotatable bonds is 2. The highest BCUT2D eigenvalue weighted by Gasteiger charge is 2.17. The number of nitrogens with zero attached hydrogens (tertiary/aromatic N) is 3. The van der Waals surface area contributed by atoms with Crippen molar-refractivity contribution < 1.29 is 9.13 Å². The van der Waals surface area contributed by atoms with Gasteiger partial charge in [0.2, 0.25) is 0 Å². The summed E-state index contributed by atoms with van der Waals surface area (Å²) in [5, 5.41) is 0.628. The third kappa shape index (κ3) is 4.07. The maximum atomic E-state index is 14.3. The zero-order chi connectivity index (χ0) is 21.3. The number of morpholine rings is 1. The smallest absolute Gasteiger partial charge is 0.192 e. The number of halogens is 3. The van der Waals surface area contributed by atoms with Crippen LogP contribution in [0.25, 0.3) is 16.6 Å². The van der Waals surface area contributed by atoms with E-state index < -0.39 is 11.2 Å². The average Bonchev–Trinajstić information content (AvgIpc) is 2.70. The van der Waals surface area contributed by atoms with Crippen LogP contribution in [0.15, 0.2) is 35.4 Å². The predicted octanol–water partition coefficient (Wildman–Crippen LogP) is 3.82. The molecule has 30 heavy (non-hydrogen) atoms. The molecule has 3 aromatic rings. The fourth-order valence-corrected chi connectivity index (χ4v) is 4.17. The fraction of sp³-hybridized carbons (Fsp3) is 0.273. The van der Waals surface area contributed by atoms with Gasteiger partial charge in [0.05, 0.1) is 58.8 Å². The molecule has 5 nitrogen and oxygen atoms in total. The molecule has 154 valence electrons. The summed E-state index contributed by atoms with van der Waals surface area (Å²) in [6, 6.07) is 4.78. The van der Waals surface area contributed by atoms with Crippen molar-refractivity contribution in [2.24, 2.45) is 0 Å². The molecule has 8 heteroatoms. The van der Waals surface area contributed by atoms with Gasteiger partial charge in [0, 0.05) is 30.4 Å². The lowest BCUT2D eigenvalue weighted by Crippen LogP contribution is -2.36. The second-order valence-corrected chi connectivity index (χ2v) is 7.79. The SMILES string of the molecule is Cc1cc(=O)c2c(F)cncc2n1-c1c(Cl)cc(C#CCN2CCOCC2)cc1Cl. The van der Waals surface area contributed by atoms with E-state index in [1.54, 1.807) is 23.6 Å². The van der Waals surface area contributed by atoms with E-state index in [-0.39, 0.29) is 5.39 Å². The number of hydrogen-bond donors (Lipinski definition) is 0. The molecule has 0 atom stereocenters. The summed E-state index contributed by atoms with van der Waals surface area (Å²) in [7, 11) is 0. The van der Waals surface area contributed by atoms with Gasteiger partial charge in [-0.3, -0.25) is 14.7 Å². The zero-order valence-electron chi connectivity index (χ0n) is 16.2. The highest BCUT2D eigenvalue weighted by Crippen LogP contribution is 2.33. The van der Waals surface area contributed by atoms with Gasteiger partial charge in [0.25, 0.3) is 0 Å². The quantitative estimate of drug-likeness (QED) is 0.562. The lowest BCUT2D eigenvalue weighted by atomic mass is 10.1. The van der Waals surface area contributed by atoms with Crippen molar-refractivity contribution in [2.75, 3.05) is 32.8 Å². The molecule has 1 aromatic carbocycles. The number of fused-ring (bicyclic) bond motifs is 1. The molecule has 3 heterocycles. The molecular formula is C22H18Cl2FN3O2. The Morgan fingerprint density at radius 2 is 1.87 bits per heavy atom. The van der Waals surface area contributed by atoms with Crippen molar-refractivity contribution >= 4 is 34.1 Å². The lowest BCUT2D eigenvalue weighted by molar-refractivity contribution is 0.0443. The first-order valence-corrected chi connectivity index (χ1v) is 10.2. The minimum atomic E-state index is -0.691. The number of benzene rings is 1. The number of aryl methyl sites for hydroxylation is 1. The van der Waals surface area contributed by atoms with Crippen LogP contribution in [0.3, 0.4) is 0 Å². The number of hydrogen-bond acceptors (Lipinski definition) is 4. The van der Waals surface area contributed by atoms with Crippen LogP contribution in [0.2, 0.25) is 10.0 Å². The van der Waals surface area contributed by atoms with E-state index in [0.29, 0.717) is 39.1 Å². The first-order chi connectivity index (χ1) is 14.5. The molecule has 0 N–H and O–H groups in total. The molecule has 0 bridgehead atoms. The van der Waals surface area contributed by atoms with Gasteiger partial charge in [-0.2, -0.15) is 0 Å². The first-order valence-electron chi connectivity index (χ1n) is 9.40. The van der Waals surface area contributed by atoms with Crippen LogP contribution in [0, 0.1) is 24.6 Å². The summed E-state index contributed by atoms with van der Waals surface area (Å²) < 4.78 is 21.2. The predicted molar refractivity (Wildman–Crippen MR) is 116 cm³/mol. The van der Waals surface area contributed by atoms with E-state index in [4.69, 9.17) is 27.9 Å². The summed E-state index contributed by atoms with van der Waals surface area (Å²) in [6.45, 7) is 5.52. The second-order valence-electron chi connectivity index (χ2n) is 6.98. The molecule has 1 saturated heterocycles. The van der Waals surface area contributed by atoms with Crippen molar-refractivity contribution in [3.8, 4) is 17.5 Å². The van der Waals surface area contributed by atoms with E-state index in [0.717, 1.165) is 32.5 Å². The highest BCUT2D eigenvalue weighted by atomic mass is 35.5. The molecule has 0 spiro atoms. The molecule has 0 unspecified atom stereocenters. The van der Waals surface area contributed by atoms with Gasteiger partial charge in [-0.05, 0) is 19.1 Å². The fourth-order valence-electron chi connectivity index (χ4n) is 3.52. The summed E-state index contributed by atoms with van der Waals surface area (Å²) in [6.07, 6.45) is 2.44. The third-order valence-electron chi connectivity index (χ3n) is 4.94. The molecule has 1 aliphatic rings. The number of ether oxygens (including phenoxy) is 1. The van der Waals surface area contributed by atoms with E-state index in [2.05, 4.69) is 21.7 Å². The van der Waals surface area contributed by atoms with Crippen LogP contribution >= 0.6 is 23.2 Å². The van der Waals surface area contributed by atoms with E-state index >= 15 is 0 Å². The molecule has 0 amide bonds. The summed E-state index contributed by atoms with van der Waals surface area (Å²) in [5.41, 5.74) is 1.57. The minimum absolute atomic E-state index is 0.0582. The van der Waals surface area contributed by atoms with Gasteiger partial charge >= 0.3 is 0 Å². The van der Waals surface area contributed by atoms with Gasteiger partial charge in [-0.1, -0.05) is 35.0 Å². The summed E-state index contributed by atoms with van der Waals surface area (Å²) in [5.74, 6) is 5.54. The Balaban J connectivity index is 1.75. The van der Waals surface area contributed by atoms with Crippen LogP contribution in [-0.4, -0.2) is 47.3 Å². The first kappa shape index (κ1) is 20.8. The third-order valence-corrected chi connectivity index (χ3v) is 5.52. The molecule has 0 radical (unpaired) electrons. The van der Waals surface area contributed by atoms with Gasteiger partial charge < -0.3 is 9.30 Å². The molecule has 2 aromatic heterocycles. The minimum Gasteiger partial charge on any atom is -0.379 e. The van der Waals surface area contributed by atoms with Crippen LogP contribution in [0.5, 0.6) is 0 Å². The van der Waals surface area contributed by atoms with Crippen LogP contribution in [-0.2, 0) is 4.74 Å². The van der Waals surface area contributed by atoms with Crippen LogP contribution < -0.4 is 5.43 Å². The maximum absolute atomic E-state index is 14.3.